The van der Waals surface area contributed by atoms with Gasteiger partial charge in [0.15, 0.2) is 0 Å². The summed E-state index contributed by atoms with van der Waals surface area (Å²) in [6.07, 6.45) is 0. The largest absolute Gasteiger partial charge is 0.291 e. The van der Waals surface area contributed by atoms with Crippen LogP contribution in [0.4, 0.5) is 0 Å². The molecule has 0 radical (unpaired) electrons. The fraction of sp³-hybridized carbons (Fsp3) is 0.136. The molecule has 0 fully saturated rings. The molecular formula is C22H19NO. The molecule has 0 aliphatic carbocycles. The molecule has 0 heterocycles. The monoisotopic (exact) mass is 313 g/mol. The van der Waals surface area contributed by atoms with E-state index in [-0.39, 0.29) is 5.78 Å². The van der Waals surface area contributed by atoms with Crippen LogP contribution in [0.5, 0.6) is 0 Å². The summed E-state index contributed by atoms with van der Waals surface area (Å²) in [6.45, 7) is 1.36. The van der Waals surface area contributed by atoms with E-state index in [1.807, 2.05) is 25.2 Å². The molecule has 0 aromatic heterocycles. The average molecular weight is 313 g/mol. The molecule has 0 saturated heterocycles. The Labute approximate surface area is 142 Å². The van der Waals surface area contributed by atoms with Gasteiger partial charge in [0, 0.05) is 12.1 Å². The Kier molecular flexibility index (Phi) is 5.05. The smallest absolute Gasteiger partial charge is 0.235 e. The van der Waals surface area contributed by atoms with Crippen molar-refractivity contribution in [2.75, 3.05) is 13.6 Å². The Hall–Kier alpha value is -2.89. The first-order valence-corrected chi connectivity index (χ1v) is 7.97. The van der Waals surface area contributed by atoms with Gasteiger partial charge in [-0.3, -0.25) is 9.69 Å². The van der Waals surface area contributed by atoms with Crippen molar-refractivity contribution in [1.82, 2.24) is 4.90 Å². The minimum Gasteiger partial charge on any atom is -0.291 e. The summed E-state index contributed by atoms with van der Waals surface area (Å²) >= 11 is 0. The molecule has 0 bridgehead atoms. The van der Waals surface area contributed by atoms with Crippen LogP contribution in [0.1, 0.15) is 15.9 Å². The second-order valence-corrected chi connectivity index (χ2v) is 5.81. The Morgan fingerprint density at radius 2 is 1.62 bits per heavy atom. The van der Waals surface area contributed by atoms with E-state index in [4.69, 9.17) is 0 Å². The fourth-order valence-electron chi connectivity index (χ4n) is 2.69. The molecule has 24 heavy (non-hydrogen) atoms. The number of rotatable bonds is 4. The molecule has 3 rings (SSSR count). The van der Waals surface area contributed by atoms with Crippen molar-refractivity contribution in [3.8, 4) is 11.8 Å². The molecule has 0 aliphatic heterocycles. The molecule has 3 aromatic carbocycles. The van der Waals surface area contributed by atoms with Gasteiger partial charge >= 0.3 is 0 Å². The maximum atomic E-state index is 12.0. The Bertz CT molecular complexity index is 898. The highest BCUT2D eigenvalue weighted by Crippen LogP contribution is 2.19. The van der Waals surface area contributed by atoms with E-state index in [0.29, 0.717) is 12.1 Å². The molecule has 118 valence electrons. The molecule has 0 spiro atoms. The molecule has 0 N–H and O–H groups in total. The van der Waals surface area contributed by atoms with E-state index in [1.54, 1.807) is 12.1 Å². The quantitative estimate of drug-likeness (QED) is 0.409. The van der Waals surface area contributed by atoms with Gasteiger partial charge in [0.05, 0.1) is 6.54 Å². The number of nitrogens with zero attached hydrogens (tertiary/aromatic N) is 1. The summed E-state index contributed by atoms with van der Waals surface area (Å²) in [5.41, 5.74) is 1.91. The SMILES string of the molecule is CN(CC#CC(=O)c1ccccc1)Cc1cccc2ccccc12. The van der Waals surface area contributed by atoms with Crippen molar-refractivity contribution >= 4 is 16.6 Å². The second-order valence-electron chi connectivity index (χ2n) is 5.81. The molecule has 0 unspecified atom stereocenters. The van der Waals surface area contributed by atoms with Crippen LogP contribution >= 0.6 is 0 Å². The summed E-state index contributed by atoms with van der Waals surface area (Å²) < 4.78 is 0. The zero-order valence-corrected chi connectivity index (χ0v) is 13.7. The van der Waals surface area contributed by atoms with E-state index in [0.717, 1.165) is 6.54 Å². The van der Waals surface area contributed by atoms with Crippen LogP contribution in [0.25, 0.3) is 10.8 Å². The zero-order chi connectivity index (χ0) is 16.8. The lowest BCUT2D eigenvalue weighted by molar-refractivity contribution is 0.105. The first kappa shape index (κ1) is 16.0. The van der Waals surface area contributed by atoms with Crippen molar-refractivity contribution in [2.45, 2.75) is 6.54 Å². The standard InChI is InChI=1S/C22H19NO/c1-23(16-8-15-22(24)19-10-3-2-4-11-19)17-20-13-7-12-18-9-5-6-14-21(18)20/h2-7,9-14H,16-17H2,1H3. The lowest BCUT2D eigenvalue weighted by atomic mass is 10.0. The summed E-state index contributed by atoms with van der Waals surface area (Å²) in [7, 11) is 2.02. The van der Waals surface area contributed by atoms with Crippen LogP contribution < -0.4 is 0 Å². The predicted octanol–water partition coefficient (Wildman–Crippen LogP) is 4.16. The van der Waals surface area contributed by atoms with E-state index in [9.17, 15) is 4.79 Å². The molecule has 0 amide bonds. The van der Waals surface area contributed by atoms with Crippen LogP contribution in [0, 0.1) is 11.8 Å². The van der Waals surface area contributed by atoms with Crippen LogP contribution in [0.3, 0.4) is 0 Å². The fourth-order valence-corrected chi connectivity index (χ4v) is 2.69. The molecular weight excluding hydrogens is 294 g/mol. The number of hydrogen-bond acceptors (Lipinski definition) is 2. The van der Waals surface area contributed by atoms with Gasteiger partial charge < -0.3 is 0 Å². The minimum absolute atomic E-state index is 0.130. The summed E-state index contributed by atoms with van der Waals surface area (Å²) in [4.78, 5) is 14.1. The van der Waals surface area contributed by atoms with Gasteiger partial charge in [-0.15, -0.1) is 0 Å². The highest BCUT2D eigenvalue weighted by molar-refractivity contribution is 6.08. The van der Waals surface area contributed by atoms with Crippen molar-refractivity contribution < 1.29 is 4.79 Å². The van der Waals surface area contributed by atoms with Gasteiger partial charge in [-0.05, 0) is 29.3 Å². The Balaban J connectivity index is 1.65. The van der Waals surface area contributed by atoms with E-state index in [2.05, 4.69) is 59.2 Å². The average Bonchev–Trinajstić information content (AvgIpc) is 2.63. The van der Waals surface area contributed by atoms with Crippen molar-refractivity contribution in [3.05, 3.63) is 83.9 Å². The number of fused-ring (bicyclic) bond motifs is 1. The van der Waals surface area contributed by atoms with Gasteiger partial charge in [-0.1, -0.05) is 78.7 Å². The van der Waals surface area contributed by atoms with Gasteiger partial charge in [-0.2, -0.15) is 0 Å². The lowest BCUT2D eigenvalue weighted by Gasteiger charge is -2.15. The summed E-state index contributed by atoms with van der Waals surface area (Å²) in [6, 6.07) is 23.9. The van der Waals surface area contributed by atoms with Crippen molar-refractivity contribution in [2.24, 2.45) is 0 Å². The second kappa shape index (κ2) is 7.59. The van der Waals surface area contributed by atoms with Crippen LogP contribution in [0.15, 0.2) is 72.8 Å². The zero-order valence-electron chi connectivity index (χ0n) is 13.7. The number of Topliss-reactive ketones (excluding diaryl/α,β-unsaturated/α-hetero) is 1. The molecule has 0 aliphatic rings. The van der Waals surface area contributed by atoms with Crippen LogP contribution in [0.2, 0.25) is 0 Å². The van der Waals surface area contributed by atoms with Gasteiger partial charge in [-0.25, -0.2) is 0 Å². The highest BCUT2D eigenvalue weighted by Gasteiger charge is 2.04. The summed E-state index contributed by atoms with van der Waals surface area (Å²) in [5.74, 6) is 5.57. The molecule has 2 nitrogen and oxygen atoms in total. The van der Waals surface area contributed by atoms with Crippen molar-refractivity contribution in [3.63, 3.8) is 0 Å². The molecule has 2 heteroatoms. The topological polar surface area (TPSA) is 20.3 Å². The lowest BCUT2D eigenvalue weighted by Crippen LogP contribution is -2.18. The van der Waals surface area contributed by atoms with E-state index < -0.39 is 0 Å². The summed E-state index contributed by atoms with van der Waals surface area (Å²) in [5, 5.41) is 2.51. The maximum absolute atomic E-state index is 12.0. The third-order valence-corrected chi connectivity index (χ3v) is 3.91. The molecule has 0 saturated carbocycles. The number of carbonyl (C=O) groups is 1. The predicted molar refractivity (Wildman–Crippen MR) is 98.8 cm³/mol. The van der Waals surface area contributed by atoms with Gasteiger partial charge in [0.2, 0.25) is 5.78 Å². The highest BCUT2D eigenvalue weighted by atomic mass is 16.1. The van der Waals surface area contributed by atoms with Crippen LogP contribution in [-0.2, 0) is 6.54 Å². The van der Waals surface area contributed by atoms with Gasteiger partial charge in [0.1, 0.15) is 0 Å². The number of carbonyl (C=O) groups excluding carboxylic acids is 1. The third-order valence-electron chi connectivity index (χ3n) is 3.91. The molecule has 3 aromatic rings. The van der Waals surface area contributed by atoms with E-state index >= 15 is 0 Å². The normalized spacial score (nSPS) is 10.4. The van der Waals surface area contributed by atoms with Crippen molar-refractivity contribution in [1.29, 1.82) is 0 Å². The number of benzene rings is 3. The maximum Gasteiger partial charge on any atom is 0.235 e. The Morgan fingerprint density at radius 1 is 0.917 bits per heavy atom. The van der Waals surface area contributed by atoms with Gasteiger partial charge in [0.25, 0.3) is 0 Å². The third kappa shape index (κ3) is 3.90. The van der Waals surface area contributed by atoms with E-state index in [1.165, 1.54) is 16.3 Å². The first-order chi connectivity index (χ1) is 11.7. The first-order valence-electron chi connectivity index (χ1n) is 7.97. The molecule has 0 atom stereocenters. The number of ketones is 1. The Morgan fingerprint density at radius 3 is 2.46 bits per heavy atom. The number of hydrogen-bond donors (Lipinski definition) is 0. The minimum atomic E-state index is -0.130. The van der Waals surface area contributed by atoms with Crippen LogP contribution in [-0.4, -0.2) is 24.3 Å².